The highest BCUT2D eigenvalue weighted by molar-refractivity contribution is 5.78. The van der Waals surface area contributed by atoms with Crippen LogP contribution in [-0.2, 0) is 0 Å². The summed E-state index contributed by atoms with van der Waals surface area (Å²) in [6.45, 7) is 1.95. The molecule has 2 nitrogen and oxygen atoms in total. The van der Waals surface area contributed by atoms with Crippen LogP contribution in [0.1, 0.15) is 17.4 Å². The highest BCUT2D eigenvalue weighted by Gasteiger charge is 2.24. The first-order valence-corrected chi connectivity index (χ1v) is 5.07. The van der Waals surface area contributed by atoms with E-state index in [0.717, 1.165) is 10.9 Å². The van der Waals surface area contributed by atoms with Gasteiger partial charge in [0.25, 0.3) is 6.43 Å². The van der Waals surface area contributed by atoms with Gasteiger partial charge in [-0.2, -0.15) is 0 Å². The van der Waals surface area contributed by atoms with Crippen molar-refractivity contribution >= 4 is 11.0 Å². The Hall–Kier alpha value is -1.42. The summed E-state index contributed by atoms with van der Waals surface area (Å²) < 4.78 is 30.7. The number of hydrogen-bond donors (Lipinski definition) is 1. The highest BCUT2D eigenvalue weighted by atomic mass is 19.3. The monoisotopic (exact) mass is 225 g/mol. The van der Waals surface area contributed by atoms with Crippen molar-refractivity contribution < 1.29 is 13.2 Å². The number of alkyl halides is 2. The molecule has 16 heavy (non-hydrogen) atoms. The Kier molecular flexibility index (Phi) is 2.92. The van der Waals surface area contributed by atoms with Crippen molar-refractivity contribution in [3.05, 3.63) is 35.6 Å². The van der Waals surface area contributed by atoms with E-state index in [1.165, 1.54) is 7.05 Å². The number of furan rings is 1. The fourth-order valence-electron chi connectivity index (χ4n) is 1.73. The van der Waals surface area contributed by atoms with Crippen molar-refractivity contribution in [3.8, 4) is 0 Å². The van der Waals surface area contributed by atoms with Gasteiger partial charge in [-0.25, -0.2) is 8.78 Å². The minimum atomic E-state index is -2.48. The third-order valence-electron chi connectivity index (χ3n) is 2.56. The van der Waals surface area contributed by atoms with Gasteiger partial charge in [0.05, 0.1) is 0 Å². The molecule has 0 fully saturated rings. The van der Waals surface area contributed by atoms with Gasteiger partial charge in [0.15, 0.2) is 0 Å². The van der Waals surface area contributed by atoms with E-state index in [-0.39, 0.29) is 5.76 Å². The molecule has 1 aromatic heterocycles. The predicted octanol–water partition coefficient (Wildman–Crippen LogP) is 3.27. The number of hydrogen-bond acceptors (Lipinski definition) is 2. The molecule has 2 aromatic rings. The van der Waals surface area contributed by atoms with Crippen molar-refractivity contribution in [3.63, 3.8) is 0 Å². The third-order valence-corrected chi connectivity index (χ3v) is 2.56. The summed E-state index contributed by atoms with van der Waals surface area (Å²) >= 11 is 0. The van der Waals surface area contributed by atoms with E-state index in [1.807, 2.05) is 19.1 Å². The number of fused-ring (bicyclic) bond motifs is 1. The number of benzene rings is 1. The average Bonchev–Trinajstić information content (AvgIpc) is 2.60. The lowest BCUT2D eigenvalue weighted by atomic mass is 10.1. The van der Waals surface area contributed by atoms with Crippen molar-refractivity contribution in [2.45, 2.75) is 19.4 Å². The fourth-order valence-corrected chi connectivity index (χ4v) is 1.73. The molecule has 1 atom stereocenters. The van der Waals surface area contributed by atoms with E-state index in [9.17, 15) is 8.78 Å². The van der Waals surface area contributed by atoms with Crippen LogP contribution in [0, 0.1) is 6.92 Å². The lowest BCUT2D eigenvalue weighted by Crippen LogP contribution is -2.22. The molecule has 0 radical (unpaired) electrons. The first-order valence-electron chi connectivity index (χ1n) is 5.07. The summed E-state index contributed by atoms with van der Waals surface area (Å²) in [5.74, 6) is 0.276. The van der Waals surface area contributed by atoms with Crippen LogP contribution >= 0.6 is 0 Å². The Morgan fingerprint density at radius 2 is 2.00 bits per heavy atom. The zero-order valence-corrected chi connectivity index (χ0v) is 9.13. The summed E-state index contributed by atoms with van der Waals surface area (Å²) in [6.07, 6.45) is -2.48. The van der Waals surface area contributed by atoms with E-state index in [0.29, 0.717) is 5.58 Å². The second kappa shape index (κ2) is 4.22. The molecule has 86 valence electrons. The Labute approximate surface area is 92.2 Å². The molecule has 0 aliphatic heterocycles. The average molecular weight is 225 g/mol. The van der Waals surface area contributed by atoms with Crippen LogP contribution in [0.2, 0.25) is 0 Å². The molecule has 1 N–H and O–H groups in total. The maximum absolute atomic E-state index is 12.7. The summed E-state index contributed by atoms with van der Waals surface area (Å²) in [6, 6.07) is 6.22. The Morgan fingerprint density at radius 3 is 2.62 bits per heavy atom. The number of halogens is 2. The number of aryl methyl sites for hydroxylation is 1. The van der Waals surface area contributed by atoms with E-state index in [4.69, 9.17) is 4.42 Å². The standard InChI is InChI=1S/C12H13F2NO/c1-7-3-4-9-8(5-7)6-10(16-9)11(15-2)12(13)14/h3-6,11-12,15H,1-2H3. The zero-order valence-electron chi connectivity index (χ0n) is 9.13. The van der Waals surface area contributed by atoms with Crippen molar-refractivity contribution in [1.29, 1.82) is 0 Å². The van der Waals surface area contributed by atoms with Crippen molar-refractivity contribution in [1.82, 2.24) is 5.32 Å². The van der Waals surface area contributed by atoms with Crippen molar-refractivity contribution in [2.75, 3.05) is 7.05 Å². The molecule has 2 rings (SSSR count). The van der Waals surface area contributed by atoms with Gasteiger partial charge >= 0.3 is 0 Å². The predicted molar refractivity (Wildman–Crippen MR) is 58.8 cm³/mol. The van der Waals surface area contributed by atoms with Gasteiger partial charge in [0.2, 0.25) is 0 Å². The van der Waals surface area contributed by atoms with Gasteiger partial charge in [-0.15, -0.1) is 0 Å². The molecule has 0 bridgehead atoms. The van der Waals surface area contributed by atoms with Crippen molar-refractivity contribution in [2.24, 2.45) is 0 Å². The summed E-state index contributed by atoms with van der Waals surface area (Å²) in [5.41, 5.74) is 1.72. The molecule has 0 amide bonds. The zero-order chi connectivity index (χ0) is 11.7. The second-order valence-electron chi connectivity index (χ2n) is 3.79. The molecule has 4 heteroatoms. The molecular formula is C12H13F2NO. The van der Waals surface area contributed by atoms with Gasteiger partial charge in [0, 0.05) is 5.39 Å². The van der Waals surface area contributed by atoms with Crippen LogP contribution in [0.5, 0.6) is 0 Å². The van der Waals surface area contributed by atoms with E-state index in [1.54, 1.807) is 12.1 Å². The van der Waals surface area contributed by atoms with Crippen LogP contribution in [-0.4, -0.2) is 13.5 Å². The quantitative estimate of drug-likeness (QED) is 0.867. The molecule has 1 unspecified atom stereocenters. The maximum Gasteiger partial charge on any atom is 0.260 e. The normalized spacial score (nSPS) is 13.6. The SMILES string of the molecule is CNC(c1cc2cc(C)ccc2o1)C(F)F. The molecule has 0 aliphatic carbocycles. The highest BCUT2D eigenvalue weighted by Crippen LogP contribution is 2.27. The Balaban J connectivity index is 2.45. The van der Waals surface area contributed by atoms with Crippen LogP contribution in [0.4, 0.5) is 8.78 Å². The largest absolute Gasteiger partial charge is 0.459 e. The first kappa shape index (κ1) is 11.1. The van der Waals surface area contributed by atoms with Crippen LogP contribution < -0.4 is 5.32 Å². The summed E-state index contributed by atoms with van der Waals surface area (Å²) in [5, 5.41) is 3.41. The first-order chi connectivity index (χ1) is 7.61. The van der Waals surface area contributed by atoms with Crippen LogP contribution in [0.3, 0.4) is 0 Å². The number of nitrogens with one attached hydrogen (secondary N) is 1. The molecule has 1 heterocycles. The van der Waals surface area contributed by atoms with E-state index >= 15 is 0 Å². The Bertz CT molecular complexity index is 493. The minimum absolute atomic E-state index is 0.276. The van der Waals surface area contributed by atoms with Crippen LogP contribution in [0.15, 0.2) is 28.7 Å². The van der Waals surface area contributed by atoms with E-state index < -0.39 is 12.5 Å². The Morgan fingerprint density at radius 1 is 1.25 bits per heavy atom. The smallest absolute Gasteiger partial charge is 0.260 e. The molecule has 0 saturated heterocycles. The van der Waals surface area contributed by atoms with E-state index in [2.05, 4.69) is 5.32 Å². The molecule has 0 saturated carbocycles. The van der Waals surface area contributed by atoms with Gasteiger partial charge in [-0.1, -0.05) is 11.6 Å². The topological polar surface area (TPSA) is 25.2 Å². The molecule has 0 aliphatic rings. The molecule has 1 aromatic carbocycles. The van der Waals surface area contributed by atoms with Gasteiger partial charge < -0.3 is 9.73 Å². The van der Waals surface area contributed by atoms with Gasteiger partial charge in [0.1, 0.15) is 17.4 Å². The summed E-state index contributed by atoms with van der Waals surface area (Å²) in [7, 11) is 1.50. The third kappa shape index (κ3) is 1.93. The maximum atomic E-state index is 12.7. The lowest BCUT2D eigenvalue weighted by Gasteiger charge is -2.11. The van der Waals surface area contributed by atoms with Crippen LogP contribution in [0.25, 0.3) is 11.0 Å². The molecular weight excluding hydrogens is 212 g/mol. The second-order valence-corrected chi connectivity index (χ2v) is 3.79. The fraction of sp³-hybridized carbons (Fsp3) is 0.333. The lowest BCUT2D eigenvalue weighted by molar-refractivity contribution is 0.0928. The number of rotatable bonds is 3. The van der Waals surface area contributed by atoms with Gasteiger partial charge in [-0.05, 0) is 32.2 Å². The summed E-state index contributed by atoms with van der Waals surface area (Å²) in [4.78, 5) is 0. The van der Waals surface area contributed by atoms with Gasteiger partial charge in [-0.3, -0.25) is 0 Å². The molecule has 0 spiro atoms. The minimum Gasteiger partial charge on any atom is -0.459 e.